The van der Waals surface area contributed by atoms with E-state index < -0.39 is 0 Å². The van der Waals surface area contributed by atoms with E-state index >= 15 is 0 Å². The zero-order valence-corrected chi connectivity index (χ0v) is 11.3. The zero-order chi connectivity index (χ0) is 13.8. The van der Waals surface area contributed by atoms with Crippen molar-refractivity contribution in [2.45, 2.75) is 6.54 Å². The number of pyridine rings is 1. The fourth-order valence-electron chi connectivity index (χ4n) is 2.35. The quantitative estimate of drug-likeness (QED) is 0.883. The fraction of sp³-hybridized carbons (Fsp3) is 0.357. The van der Waals surface area contributed by atoms with Crippen molar-refractivity contribution >= 4 is 11.8 Å². The second-order valence-corrected chi connectivity index (χ2v) is 4.71. The molecular weight excluding hydrogens is 252 g/mol. The average Bonchev–Trinajstić information content (AvgIpc) is 2.56. The molecule has 1 fully saturated rings. The Labute approximate surface area is 118 Å². The predicted octanol–water partition coefficient (Wildman–Crippen LogP) is 0.657. The minimum Gasteiger partial charge on any atom is -0.353 e. The van der Waals surface area contributed by atoms with E-state index in [0.717, 1.165) is 43.6 Å². The van der Waals surface area contributed by atoms with Gasteiger partial charge in [0.15, 0.2) is 0 Å². The number of rotatable bonds is 3. The highest BCUT2D eigenvalue weighted by atomic mass is 15.3. The summed E-state index contributed by atoms with van der Waals surface area (Å²) in [7, 11) is 0. The highest BCUT2D eigenvalue weighted by Gasteiger charge is 2.19. The number of hydrogen-bond acceptors (Lipinski definition) is 6. The Kier molecular flexibility index (Phi) is 3.73. The molecule has 0 radical (unpaired) electrons. The van der Waals surface area contributed by atoms with Gasteiger partial charge in [-0.05, 0) is 18.2 Å². The van der Waals surface area contributed by atoms with Crippen LogP contribution in [-0.2, 0) is 6.54 Å². The van der Waals surface area contributed by atoms with Gasteiger partial charge in [-0.25, -0.2) is 15.0 Å². The molecule has 20 heavy (non-hydrogen) atoms. The summed E-state index contributed by atoms with van der Waals surface area (Å²) in [4.78, 5) is 17.6. The SMILES string of the molecule is NCc1cccc(N2CCN(c3ncccn3)CC2)n1. The first-order chi connectivity index (χ1) is 9.86. The summed E-state index contributed by atoms with van der Waals surface area (Å²) < 4.78 is 0. The fourth-order valence-corrected chi connectivity index (χ4v) is 2.35. The smallest absolute Gasteiger partial charge is 0.225 e. The third-order valence-electron chi connectivity index (χ3n) is 3.44. The van der Waals surface area contributed by atoms with Crippen molar-refractivity contribution in [3.8, 4) is 0 Å². The van der Waals surface area contributed by atoms with Crippen LogP contribution in [0.3, 0.4) is 0 Å². The summed E-state index contributed by atoms with van der Waals surface area (Å²) in [5, 5.41) is 0. The first kappa shape index (κ1) is 12.8. The third kappa shape index (κ3) is 2.70. The molecule has 0 aromatic carbocycles. The normalized spacial score (nSPS) is 15.4. The molecule has 0 unspecified atom stereocenters. The molecule has 104 valence electrons. The van der Waals surface area contributed by atoms with Crippen molar-refractivity contribution in [3.05, 3.63) is 42.4 Å². The molecule has 0 bridgehead atoms. The van der Waals surface area contributed by atoms with Crippen LogP contribution in [0, 0.1) is 0 Å². The molecule has 0 saturated carbocycles. The summed E-state index contributed by atoms with van der Waals surface area (Å²) in [5.41, 5.74) is 6.57. The van der Waals surface area contributed by atoms with Gasteiger partial charge < -0.3 is 15.5 Å². The van der Waals surface area contributed by atoms with Gasteiger partial charge in [-0.15, -0.1) is 0 Å². The molecule has 0 amide bonds. The zero-order valence-electron chi connectivity index (χ0n) is 11.3. The van der Waals surface area contributed by atoms with Crippen LogP contribution in [-0.4, -0.2) is 41.1 Å². The molecule has 2 N–H and O–H groups in total. The van der Waals surface area contributed by atoms with E-state index in [-0.39, 0.29) is 0 Å². The van der Waals surface area contributed by atoms with E-state index in [1.54, 1.807) is 12.4 Å². The summed E-state index contributed by atoms with van der Waals surface area (Å²) in [5.74, 6) is 1.80. The lowest BCUT2D eigenvalue weighted by Gasteiger charge is -2.35. The van der Waals surface area contributed by atoms with E-state index in [2.05, 4.69) is 24.8 Å². The molecule has 6 heteroatoms. The van der Waals surface area contributed by atoms with Crippen LogP contribution in [0.4, 0.5) is 11.8 Å². The van der Waals surface area contributed by atoms with Crippen LogP contribution in [0.5, 0.6) is 0 Å². The third-order valence-corrected chi connectivity index (χ3v) is 3.44. The van der Waals surface area contributed by atoms with Crippen LogP contribution in [0.25, 0.3) is 0 Å². The van der Waals surface area contributed by atoms with E-state index in [1.807, 2.05) is 24.3 Å². The molecule has 1 aliphatic rings. The molecule has 0 spiro atoms. The number of piperazine rings is 1. The monoisotopic (exact) mass is 270 g/mol. The lowest BCUT2D eigenvalue weighted by atomic mass is 10.3. The molecule has 1 saturated heterocycles. The molecule has 0 aliphatic carbocycles. The Hall–Kier alpha value is -2.21. The molecule has 3 rings (SSSR count). The maximum atomic E-state index is 5.64. The highest BCUT2D eigenvalue weighted by Crippen LogP contribution is 2.16. The standard InChI is InChI=1S/C14H18N6/c15-11-12-3-1-4-13(18-12)19-7-9-20(10-8-19)14-16-5-2-6-17-14/h1-6H,7-11,15H2. The Bertz CT molecular complexity index is 551. The molecule has 3 heterocycles. The van der Waals surface area contributed by atoms with Gasteiger partial charge in [-0.1, -0.05) is 6.07 Å². The molecular formula is C14H18N6. The summed E-state index contributed by atoms with van der Waals surface area (Å²) in [6, 6.07) is 7.84. The first-order valence-electron chi connectivity index (χ1n) is 6.80. The van der Waals surface area contributed by atoms with Crippen molar-refractivity contribution in [1.29, 1.82) is 0 Å². The maximum Gasteiger partial charge on any atom is 0.225 e. The first-order valence-corrected chi connectivity index (χ1v) is 6.80. The van der Waals surface area contributed by atoms with Gasteiger partial charge in [0.1, 0.15) is 5.82 Å². The van der Waals surface area contributed by atoms with Crippen LogP contribution in [0.1, 0.15) is 5.69 Å². The van der Waals surface area contributed by atoms with Gasteiger partial charge in [-0.2, -0.15) is 0 Å². The lowest BCUT2D eigenvalue weighted by Crippen LogP contribution is -2.47. The van der Waals surface area contributed by atoms with E-state index in [0.29, 0.717) is 6.54 Å². The van der Waals surface area contributed by atoms with Crippen LogP contribution < -0.4 is 15.5 Å². The van der Waals surface area contributed by atoms with Gasteiger partial charge in [0.2, 0.25) is 5.95 Å². The van der Waals surface area contributed by atoms with E-state index in [1.165, 1.54) is 0 Å². The number of hydrogen-bond donors (Lipinski definition) is 1. The molecule has 1 aliphatic heterocycles. The van der Waals surface area contributed by atoms with Crippen molar-refractivity contribution in [2.75, 3.05) is 36.0 Å². The van der Waals surface area contributed by atoms with Crippen LogP contribution in [0.15, 0.2) is 36.7 Å². The van der Waals surface area contributed by atoms with Crippen molar-refractivity contribution < 1.29 is 0 Å². The number of nitrogens with two attached hydrogens (primary N) is 1. The topological polar surface area (TPSA) is 71.2 Å². The second-order valence-electron chi connectivity index (χ2n) is 4.71. The summed E-state index contributed by atoms with van der Waals surface area (Å²) in [6.07, 6.45) is 3.56. The Morgan fingerprint density at radius 3 is 2.35 bits per heavy atom. The van der Waals surface area contributed by atoms with Gasteiger partial charge >= 0.3 is 0 Å². The van der Waals surface area contributed by atoms with Gasteiger partial charge in [0.25, 0.3) is 0 Å². The molecule has 2 aromatic heterocycles. The minimum absolute atomic E-state index is 0.478. The highest BCUT2D eigenvalue weighted by molar-refractivity contribution is 5.42. The minimum atomic E-state index is 0.478. The second kappa shape index (κ2) is 5.83. The summed E-state index contributed by atoms with van der Waals surface area (Å²) >= 11 is 0. The Balaban J connectivity index is 1.66. The molecule has 6 nitrogen and oxygen atoms in total. The van der Waals surface area contributed by atoms with Crippen LogP contribution >= 0.6 is 0 Å². The summed E-state index contributed by atoms with van der Waals surface area (Å²) in [6.45, 7) is 4.11. The van der Waals surface area contributed by atoms with Crippen molar-refractivity contribution in [1.82, 2.24) is 15.0 Å². The average molecular weight is 270 g/mol. The van der Waals surface area contributed by atoms with Crippen molar-refractivity contribution in [2.24, 2.45) is 5.73 Å². The molecule has 2 aromatic rings. The van der Waals surface area contributed by atoms with Crippen LogP contribution in [0.2, 0.25) is 0 Å². The Morgan fingerprint density at radius 1 is 0.950 bits per heavy atom. The largest absolute Gasteiger partial charge is 0.353 e. The molecule has 0 atom stereocenters. The Morgan fingerprint density at radius 2 is 1.65 bits per heavy atom. The maximum absolute atomic E-state index is 5.64. The number of aromatic nitrogens is 3. The number of nitrogens with zero attached hydrogens (tertiary/aromatic N) is 5. The van der Waals surface area contributed by atoms with Gasteiger partial charge in [-0.3, -0.25) is 0 Å². The van der Waals surface area contributed by atoms with E-state index in [9.17, 15) is 0 Å². The number of anilines is 2. The van der Waals surface area contributed by atoms with Gasteiger partial charge in [0, 0.05) is 45.1 Å². The predicted molar refractivity (Wildman–Crippen MR) is 78.6 cm³/mol. The van der Waals surface area contributed by atoms with Gasteiger partial charge in [0.05, 0.1) is 5.69 Å². The van der Waals surface area contributed by atoms with E-state index in [4.69, 9.17) is 5.73 Å². The lowest BCUT2D eigenvalue weighted by molar-refractivity contribution is 0.633. The van der Waals surface area contributed by atoms with Crippen molar-refractivity contribution in [3.63, 3.8) is 0 Å².